The van der Waals surface area contributed by atoms with Gasteiger partial charge in [-0.05, 0) is 54.4 Å². The number of aryl methyl sites for hydroxylation is 3. The van der Waals surface area contributed by atoms with Crippen LogP contribution in [0.4, 0.5) is 10.1 Å². The highest BCUT2D eigenvalue weighted by Crippen LogP contribution is 2.31. The summed E-state index contributed by atoms with van der Waals surface area (Å²) in [5, 5.41) is 10.2. The Balaban J connectivity index is 1.51. The Morgan fingerprint density at radius 3 is 2.42 bits per heavy atom. The van der Waals surface area contributed by atoms with Gasteiger partial charge in [-0.3, -0.25) is 19.1 Å². The fraction of sp³-hybridized carbons (Fsp3) is 0.143. The van der Waals surface area contributed by atoms with Gasteiger partial charge in [0, 0.05) is 43.3 Å². The van der Waals surface area contributed by atoms with Crippen LogP contribution in [0.25, 0.3) is 33.2 Å². The van der Waals surface area contributed by atoms with Gasteiger partial charge in [0.25, 0.3) is 17.4 Å². The van der Waals surface area contributed by atoms with Crippen LogP contribution in [0, 0.1) is 12.7 Å². The zero-order chi connectivity index (χ0) is 27.1. The average Bonchev–Trinajstić information content (AvgIpc) is 3.37. The third-order valence-electron chi connectivity index (χ3n) is 6.37. The van der Waals surface area contributed by atoms with Crippen LogP contribution in [-0.4, -0.2) is 33.4 Å². The number of carbonyl (C=O) groups excluding carboxylic acids is 2. The molecule has 10 heteroatoms. The number of carbonyl (C=O) groups is 2. The van der Waals surface area contributed by atoms with E-state index in [0.29, 0.717) is 50.2 Å². The SMILES string of the molecule is CNC(=O)c1cccc(NC(=O)c2nn(C)c3ccc(-c4ccc(-c5c(C)on(C)c5=O)cc4F)cc23)c1. The quantitative estimate of drug-likeness (QED) is 0.365. The Bertz CT molecular complexity index is 1800. The predicted molar refractivity (Wildman–Crippen MR) is 142 cm³/mol. The Morgan fingerprint density at radius 2 is 1.74 bits per heavy atom. The van der Waals surface area contributed by atoms with Gasteiger partial charge in [-0.15, -0.1) is 0 Å². The van der Waals surface area contributed by atoms with Gasteiger partial charge in [0.05, 0.1) is 11.1 Å². The molecule has 38 heavy (non-hydrogen) atoms. The van der Waals surface area contributed by atoms with Gasteiger partial charge in [0.2, 0.25) is 0 Å². The number of nitrogens with zero attached hydrogens (tertiary/aromatic N) is 3. The third kappa shape index (κ3) is 4.26. The maximum absolute atomic E-state index is 15.3. The molecule has 2 N–H and O–H groups in total. The molecule has 0 aliphatic heterocycles. The summed E-state index contributed by atoms with van der Waals surface area (Å²) in [6.07, 6.45) is 0. The zero-order valence-electron chi connectivity index (χ0n) is 21.1. The second kappa shape index (κ2) is 9.47. The van der Waals surface area contributed by atoms with Crippen LogP contribution in [-0.2, 0) is 14.1 Å². The first kappa shape index (κ1) is 24.7. The summed E-state index contributed by atoms with van der Waals surface area (Å²) < 4.78 is 23.3. The summed E-state index contributed by atoms with van der Waals surface area (Å²) in [6.45, 7) is 1.65. The van der Waals surface area contributed by atoms with Crippen molar-refractivity contribution >= 4 is 28.4 Å². The summed E-state index contributed by atoms with van der Waals surface area (Å²) in [5.74, 6) is -0.863. The Hall–Kier alpha value is -4.99. The number of aromatic nitrogens is 3. The molecule has 2 aromatic heterocycles. The molecular weight excluding hydrogens is 489 g/mol. The van der Waals surface area contributed by atoms with Crippen molar-refractivity contribution in [3.63, 3.8) is 0 Å². The molecule has 5 rings (SSSR count). The van der Waals surface area contributed by atoms with Crippen LogP contribution in [0.2, 0.25) is 0 Å². The molecule has 0 saturated heterocycles. The van der Waals surface area contributed by atoms with Gasteiger partial charge in [0.15, 0.2) is 5.69 Å². The molecule has 0 saturated carbocycles. The molecule has 0 aliphatic rings. The molecule has 0 unspecified atom stereocenters. The minimum absolute atomic E-state index is 0.157. The van der Waals surface area contributed by atoms with Crippen molar-refractivity contribution in [1.29, 1.82) is 0 Å². The number of hydrogen-bond donors (Lipinski definition) is 2. The molecule has 0 aliphatic carbocycles. The fourth-order valence-corrected chi connectivity index (χ4v) is 4.51. The van der Waals surface area contributed by atoms with Gasteiger partial charge < -0.3 is 15.2 Å². The number of amides is 2. The minimum atomic E-state index is -0.523. The van der Waals surface area contributed by atoms with E-state index < -0.39 is 11.7 Å². The van der Waals surface area contributed by atoms with Crippen LogP contribution in [0.15, 0.2) is 70.0 Å². The molecule has 2 heterocycles. The molecule has 5 aromatic rings. The number of anilines is 1. The first-order valence-corrected chi connectivity index (χ1v) is 11.8. The molecule has 9 nitrogen and oxygen atoms in total. The maximum atomic E-state index is 15.3. The zero-order valence-corrected chi connectivity index (χ0v) is 21.1. The Morgan fingerprint density at radius 1 is 0.974 bits per heavy atom. The lowest BCUT2D eigenvalue weighted by Gasteiger charge is -2.08. The normalized spacial score (nSPS) is 11.1. The van der Waals surface area contributed by atoms with Crippen molar-refractivity contribution in [2.75, 3.05) is 12.4 Å². The van der Waals surface area contributed by atoms with Gasteiger partial charge in [-0.1, -0.05) is 24.3 Å². The summed E-state index contributed by atoms with van der Waals surface area (Å²) in [7, 11) is 4.74. The first-order chi connectivity index (χ1) is 18.2. The Labute approximate surface area is 216 Å². The van der Waals surface area contributed by atoms with E-state index in [1.807, 2.05) is 0 Å². The highest BCUT2D eigenvalue weighted by atomic mass is 19.1. The summed E-state index contributed by atoms with van der Waals surface area (Å²) in [4.78, 5) is 37.5. The second-order valence-corrected chi connectivity index (χ2v) is 8.84. The van der Waals surface area contributed by atoms with Crippen LogP contribution in [0.3, 0.4) is 0 Å². The minimum Gasteiger partial charge on any atom is -0.381 e. The molecule has 0 bridgehead atoms. The van der Waals surface area contributed by atoms with E-state index >= 15 is 4.39 Å². The van der Waals surface area contributed by atoms with E-state index in [0.717, 1.165) is 4.74 Å². The molecular formula is C28H24FN5O4. The van der Waals surface area contributed by atoms with Gasteiger partial charge in [-0.25, -0.2) is 4.39 Å². The first-order valence-electron chi connectivity index (χ1n) is 11.8. The molecule has 0 fully saturated rings. The largest absolute Gasteiger partial charge is 0.381 e. The molecule has 3 aromatic carbocycles. The van der Waals surface area contributed by atoms with Crippen molar-refractivity contribution < 1.29 is 18.5 Å². The monoisotopic (exact) mass is 513 g/mol. The van der Waals surface area contributed by atoms with E-state index in [-0.39, 0.29) is 17.2 Å². The van der Waals surface area contributed by atoms with Crippen LogP contribution in [0.1, 0.15) is 26.6 Å². The van der Waals surface area contributed by atoms with Crippen LogP contribution >= 0.6 is 0 Å². The number of nitrogens with one attached hydrogen (secondary N) is 2. The van der Waals surface area contributed by atoms with E-state index in [2.05, 4.69) is 15.7 Å². The number of halogens is 1. The Kier molecular flexibility index (Phi) is 6.15. The lowest BCUT2D eigenvalue weighted by Crippen LogP contribution is -2.18. The molecule has 0 spiro atoms. The summed E-state index contributed by atoms with van der Waals surface area (Å²) in [6, 6.07) is 16.3. The number of benzene rings is 3. The lowest BCUT2D eigenvalue weighted by molar-refractivity contribution is 0.0961. The third-order valence-corrected chi connectivity index (χ3v) is 6.37. The number of fused-ring (bicyclic) bond motifs is 1. The van der Waals surface area contributed by atoms with E-state index in [1.54, 1.807) is 73.3 Å². The van der Waals surface area contributed by atoms with Gasteiger partial charge in [-0.2, -0.15) is 9.84 Å². The smallest absolute Gasteiger partial charge is 0.290 e. The van der Waals surface area contributed by atoms with Gasteiger partial charge in [0.1, 0.15) is 11.6 Å². The van der Waals surface area contributed by atoms with Crippen molar-refractivity contribution in [2.45, 2.75) is 6.92 Å². The van der Waals surface area contributed by atoms with Crippen molar-refractivity contribution in [2.24, 2.45) is 14.1 Å². The van der Waals surface area contributed by atoms with E-state index in [1.165, 1.54) is 20.2 Å². The fourth-order valence-electron chi connectivity index (χ4n) is 4.51. The van der Waals surface area contributed by atoms with Crippen LogP contribution in [0.5, 0.6) is 0 Å². The van der Waals surface area contributed by atoms with E-state index in [4.69, 9.17) is 4.52 Å². The molecule has 0 radical (unpaired) electrons. The number of rotatable bonds is 5. The van der Waals surface area contributed by atoms with Crippen LogP contribution < -0.4 is 16.2 Å². The topological polar surface area (TPSA) is 111 Å². The van der Waals surface area contributed by atoms with E-state index in [9.17, 15) is 14.4 Å². The summed E-state index contributed by atoms with van der Waals surface area (Å²) in [5.41, 5.74) is 2.91. The maximum Gasteiger partial charge on any atom is 0.290 e. The number of hydrogen-bond acceptors (Lipinski definition) is 5. The van der Waals surface area contributed by atoms with Crippen molar-refractivity contribution in [1.82, 2.24) is 19.8 Å². The highest BCUT2D eigenvalue weighted by molar-refractivity contribution is 6.12. The molecule has 2 amide bonds. The highest BCUT2D eigenvalue weighted by Gasteiger charge is 2.20. The molecule has 0 atom stereocenters. The predicted octanol–water partition coefficient (Wildman–Crippen LogP) is 4.26. The summed E-state index contributed by atoms with van der Waals surface area (Å²) >= 11 is 0. The second-order valence-electron chi connectivity index (χ2n) is 8.84. The van der Waals surface area contributed by atoms with Gasteiger partial charge >= 0.3 is 0 Å². The molecule has 192 valence electrons. The standard InChI is InChI=1S/C28H24FN5O4/c1-15-24(28(37)34(4)38-15)17-8-10-20(22(29)14-17)16-9-11-23-21(13-16)25(32-33(23)3)27(36)31-19-7-5-6-18(12-19)26(35)30-2/h5-14H,1-4H3,(H,30,35)(H,31,36). The van der Waals surface area contributed by atoms with Crippen molar-refractivity contribution in [3.8, 4) is 22.3 Å². The van der Waals surface area contributed by atoms with Crippen molar-refractivity contribution in [3.05, 3.63) is 93.9 Å². The lowest BCUT2D eigenvalue weighted by atomic mass is 9.98. The average molecular weight is 514 g/mol.